The molecule has 4 rings (SSSR count). The number of halogens is 2. The van der Waals surface area contributed by atoms with Crippen molar-refractivity contribution in [1.29, 1.82) is 0 Å². The summed E-state index contributed by atoms with van der Waals surface area (Å²) in [5.74, 6) is 0.343. The Labute approximate surface area is 156 Å². The molecule has 0 aliphatic heterocycles. The molecule has 0 saturated carbocycles. The first-order chi connectivity index (χ1) is 12.1. The lowest BCUT2D eigenvalue weighted by molar-refractivity contribution is 1.23. The molecule has 3 nitrogen and oxygen atoms in total. The molecular formula is C20H15Cl2N3. The van der Waals surface area contributed by atoms with Crippen LogP contribution < -0.4 is 10.6 Å². The van der Waals surface area contributed by atoms with E-state index in [0.717, 1.165) is 11.1 Å². The van der Waals surface area contributed by atoms with Crippen LogP contribution in [-0.4, -0.2) is 13.0 Å². The Hall–Kier alpha value is -2.49. The minimum absolute atomic E-state index is 0.343. The van der Waals surface area contributed by atoms with Gasteiger partial charge in [0.15, 0.2) is 0 Å². The molecule has 0 heterocycles. The summed E-state index contributed by atoms with van der Waals surface area (Å²) in [6.45, 7) is 0. The topological polar surface area (TPSA) is 41.6 Å². The molecule has 0 saturated heterocycles. The second-order valence-corrected chi connectivity index (χ2v) is 6.66. The highest BCUT2D eigenvalue weighted by molar-refractivity contribution is 6.43. The van der Waals surface area contributed by atoms with E-state index in [9.17, 15) is 0 Å². The van der Waals surface area contributed by atoms with Gasteiger partial charge < -0.3 is 10.6 Å². The normalized spacial score (nSPS) is 12.8. The van der Waals surface area contributed by atoms with E-state index in [2.05, 4.69) is 47.5 Å². The molecule has 2 N–H and O–H groups in total. The minimum atomic E-state index is 0.343. The molecule has 0 unspecified atom stereocenters. The molecule has 0 aromatic heterocycles. The maximum absolute atomic E-state index is 6.24. The van der Waals surface area contributed by atoms with Crippen molar-refractivity contribution >= 4 is 63.5 Å². The number of benzene rings is 3. The van der Waals surface area contributed by atoms with Crippen molar-refractivity contribution in [1.82, 2.24) is 0 Å². The number of hydrogen-bond donors (Lipinski definition) is 1. The van der Waals surface area contributed by atoms with Crippen LogP contribution in [0.25, 0.3) is 22.9 Å². The molecule has 3 aromatic rings. The molecule has 1 aliphatic rings. The fourth-order valence-corrected chi connectivity index (χ4v) is 3.44. The van der Waals surface area contributed by atoms with Crippen molar-refractivity contribution in [2.75, 3.05) is 11.9 Å². The van der Waals surface area contributed by atoms with Crippen molar-refractivity contribution in [3.8, 4) is 0 Å². The van der Waals surface area contributed by atoms with Crippen LogP contribution in [0.3, 0.4) is 0 Å². The van der Waals surface area contributed by atoms with E-state index in [-0.39, 0.29) is 0 Å². The first kappa shape index (κ1) is 16.0. The summed E-state index contributed by atoms with van der Waals surface area (Å²) >= 11 is 12.3. The molecule has 0 bridgehead atoms. The average molecular weight is 368 g/mol. The summed E-state index contributed by atoms with van der Waals surface area (Å²) in [5, 5.41) is 3.22. The molecule has 0 amide bonds. The van der Waals surface area contributed by atoms with Crippen LogP contribution in [0.4, 0.5) is 11.4 Å². The zero-order valence-electron chi connectivity index (χ0n) is 13.5. The second kappa shape index (κ2) is 6.10. The van der Waals surface area contributed by atoms with Crippen LogP contribution in [0.15, 0.2) is 53.5 Å². The fourth-order valence-electron chi connectivity index (χ4n) is 3.10. The number of guanidine groups is 1. The third kappa shape index (κ3) is 2.66. The van der Waals surface area contributed by atoms with Crippen LogP contribution in [0, 0.1) is 0 Å². The van der Waals surface area contributed by atoms with E-state index in [1.807, 2.05) is 11.9 Å². The molecular weight excluding hydrogens is 353 g/mol. The standard InChI is InChI=1S/C20H15Cl2N3/c1-25(20(23)24-16-7-3-6-15(21)19(16)22)17-11-10-13-9-8-12-4-2-5-14(17)18(12)13/h2-11H,1H3,(H2,23,24). The summed E-state index contributed by atoms with van der Waals surface area (Å²) < 4.78 is 0. The van der Waals surface area contributed by atoms with Crippen molar-refractivity contribution in [2.24, 2.45) is 10.7 Å². The lowest BCUT2D eigenvalue weighted by atomic mass is 10.0. The van der Waals surface area contributed by atoms with Crippen molar-refractivity contribution in [3.05, 3.63) is 69.7 Å². The average Bonchev–Trinajstić information content (AvgIpc) is 3.04. The van der Waals surface area contributed by atoms with Gasteiger partial charge in [-0.15, -0.1) is 0 Å². The van der Waals surface area contributed by atoms with E-state index >= 15 is 0 Å². The first-order valence-corrected chi connectivity index (χ1v) is 8.57. The Balaban J connectivity index is 1.79. The van der Waals surface area contributed by atoms with Gasteiger partial charge in [0.25, 0.3) is 0 Å². The second-order valence-electron chi connectivity index (χ2n) is 5.88. The van der Waals surface area contributed by atoms with E-state index in [1.54, 1.807) is 18.2 Å². The summed E-state index contributed by atoms with van der Waals surface area (Å²) in [7, 11) is 1.89. The van der Waals surface area contributed by atoms with E-state index in [1.165, 1.54) is 16.5 Å². The van der Waals surface area contributed by atoms with Crippen LogP contribution in [0.2, 0.25) is 10.0 Å². The third-order valence-corrected chi connectivity index (χ3v) is 5.20. The summed E-state index contributed by atoms with van der Waals surface area (Å²) in [6.07, 6.45) is 4.26. The maximum Gasteiger partial charge on any atom is 0.200 e. The molecule has 25 heavy (non-hydrogen) atoms. The number of anilines is 1. The Kier molecular flexibility index (Phi) is 3.91. The number of nitrogens with two attached hydrogens (primary N) is 1. The number of aliphatic imine (C=N–C) groups is 1. The molecule has 0 spiro atoms. The molecule has 1 aliphatic carbocycles. The fraction of sp³-hybridized carbons (Fsp3) is 0.0500. The molecule has 0 atom stereocenters. The molecule has 0 fully saturated rings. The highest BCUT2D eigenvalue weighted by Gasteiger charge is 2.15. The summed E-state index contributed by atoms with van der Waals surface area (Å²) in [6, 6.07) is 15.7. The van der Waals surface area contributed by atoms with Crippen molar-refractivity contribution in [3.63, 3.8) is 0 Å². The quantitative estimate of drug-likeness (QED) is 0.364. The number of nitrogens with zero attached hydrogens (tertiary/aromatic N) is 2. The van der Waals surface area contributed by atoms with Crippen LogP contribution in [0.1, 0.15) is 11.1 Å². The zero-order chi connectivity index (χ0) is 17.6. The Morgan fingerprint density at radius 1 is 0.960 bits per heavy atom. The van der Waals surface area contributed by atoms with Gasteiger partial charge in [0.05, 0.1) is 21.4 Å². The Morgan fingerprint density at radius 2 is 1.68 bits per heavy atom. The zero-order valence-corrected chi connectivity index (χ0v) is 15.0. The van der Waals surface area contributed by atoms with Gasteiger partial charge in [0.2, 0.25) is 5.96 Å². The van der Waals surface area contributed by atoms with E-state index in [0.29, 0.717) is 21.7 Å². The Morgan fingerprint density at radius 3 is 2.48 bits per heavy atom. The van der Waals surface area contributed by atoms with Gasteiger partial charge in [-0.3, -0.25) is 0 Å². The van der Waals surface area contributed by atoms with Gasteiger partial charge in [-0.05, 0) is 34.7 Å². The highest BCUT2D eigenvalue weighted by Crippen LogP contribution is 2.37. The van der Waals surface area contributed by atoms with Crippen molar-refractivity contribution < 1.29 is 0 Å². The smallest absolute Gasteiger partial charge is 0.200 e. The van der Waals surface area contributed by atoms with Gasteiger partial charge in [0, 0.05) is 12.4 Å². The van der Waals surface area contributed by atoms with E-state index in [4.69, 9.17) is 28.9 Å². The monoisotopic (exact) mass is 367 g/mol. The summed E-state index contributed by atoms with van der Waals surface area (Å²) in [5.41, 5.74) is 10.2. The molecule has 124 valence electrons. The van der Waals surface area contributed by atoms with Gasteiger partial charge >= 0.3 is 0 Å². The highest BCUT2D eigenvalue weighted by atomic mass is 35.5. The third-order valence-electron chi connectivity index (χ3n) is 4.40. The number of hydrogen-bond acceptors (Lipinski definition) is 1. The van der Waals surface area contributed by atoms with Crippen LogP contribution in [0.5, 0.6) is 0 Å². The van der Waals surface area contributed by atoms with E-state index < -0.39 is 0 Å². The number of rotatable bonds is 2. The SMILES string of the molecule is CN(C(N)=Nc1cccc(Cl)c1Cl)c1ccc2c3c(cccc13)C=C2. The van der Waals surface area contributed by atoms with Gasteiger partial charge in [-0.1, -0.05) is 65.7 Å². The van der Waals surface area contributed by atoms with Gasteiger partial charge in [-0.2, -0.15) is 0 Å². The predicted molar refractivity (Wildman–Crippen MR) is 109 cm³/mol. The predicted octanol–water partition coefficient (Wildman–Crippen LogP) is 5.71. The lowest BCUT2D eigenvalue weighted by Gasteiger charge is -2.21. The van der Waals surface area contributed by atoms with Gasteiger partial charge in [0.1, 0.15) is 0 Å². The summed E-state index contributed by atoms with van der Waals surface area (Å²) in [4.78, 5) is 6.31. The van der Waals surface area contributed by atoms with Crippen molar-refractivity contribution in [2.45, 2.75) is 0 Å². The van der Waals surface area contributed by atoms with Crippen LogP contribution in [-0.2, 0) is 0 Å². The molecule has 0 radical (unpaired) electrons. The largest absolute Gasteiger partial charge is 0.369 e. The minimum Gasteiger partial charge on any atom is -0.369 e. The maximum atomic E-state index is 6.24. The van der Waals surface area contributed by atoms with Crippen LogP contribution >= 0.6 is 23.2 Å². The first-order valence-electron chi connectivity index (χ1n) is 7.82. The molecule has 5 heteroatoms. The van der Waals surface area contributed by atoms with Gasteiger partial charge in [-0.25, -0.2) is 4.99 Å². The lowest BCUT2D eigenvalue weighted by Crippen LogP contribution is -2.33. The Bertz CT molecular complexity index is 1040. The molecule has 3 aromatic carbocycles.